The summed E-state index contributed by atoms with van der Waals surface area (Å²) in [6.07, 6.45) is 0. The molecule has 0 heterocycles. The van der Waals surface area contributed by atoms with Crippen molar-refractivity contribution >= 4 is 0 Å². The topological polar surface area (TPSA) is 61.7 Å². The van der Waals surface area contributed by atoms with Gasteiger partial charge in [0.2, 0.25) is 0 Å². The van der Waals surface area contributed by atoms with Crippen LogP contribution >= 0.6 is 0 Å². The minimum absolute atomic E-state index is 0.247. The summed E-state index contributed by atoms with van der Waals surface area (Å²) in [4.78, 5) is 0. The zero-order valence-corrected chi connectivity index (χ0v) is 9.73. The molecule has 0 saturated heterocycles. The largest absolute Gasteiger partial charge is 0.497 e. The molecule has 3 N–H and O–H groups in total. The van der Waals surface area contributed by atoms with Crippen molar-refractivity contribution in [3.05, 3.63) is 29.8 Å². The highest BCUT2D eigenvalue weighted by Gasteiger charge is 2.17. The monoisotopic (exact) mass is 225 g/mol. The van der Waals surface area contributed by atoms with E-state index in [1.165, 1.54) is 0 Å². The zero-order chi connectivity index (χ0) is 12.0. The molecular weight excluding hydrogens is 206 g/mol. The van der Waals surface area contributed by atoms with E-state index in [4.69, 9.17) is 9.84 Å². The van der Waals surface area contributed by atoms with Crippen LogP contribution in [0.3, 0.4) is 0 Å². The maximum atomic E-state index is 9.55. The van der Waals surface area contributed by atoms with E-state index in [1.54, 1.807) is 14.0 Å². The van der Waals surface area contributed by atoms with Crippen LogP contribution in [0.1, 0.15) is 12.5 Å². The van der Waals surface area contributed by atoms with Crippen LogP contribution < -0.4 is 10.1 Å². The first kappa shape index (κ1) is 13.0. The molecule has 0 spiro atoms. The van der Waals surface area contributed by atoms with Crippen molar-refractivity contribution in [2.24, 2.45) is 0 Å². The van der Waals surface area contributed by atoms with Crippen molar-refractivity contribution in [3.63, 3.8) is 0 Å². The van der Waals surface area contributed by atoms with Gasteiger partial charge in [-0.1, -0.05) is 12.1 Å². The Balaban J connectivity index is 2.37. The molecule has 0 saturated carbocycles. The predicted octanol–water partition coefficient (Wildman–Crippen LogP) is 0.528. The Morgan fingerprint density at radius 2 is 1.94 bits per heavy atom. The third-order valence-electron chi connectivity index (χ3n) is 2.33. The molecule has 0 aromatic heterocycles. The molecule has 0 bridgehead atoms. The van der Waals surface area contributed by atoms with Gasteiger partial charge >= 0.3 is 0 Å². The highest BCUT2D eigenvalue weighted by Crippen LogP contribution is 2.11. The molecule has 0 fully saturated rings. The number of nitrogens with one attached hydrogen (secondary N) is 1. The summed E-state index contributed by atoms with van der Waals surface area (Å²) < 4.78 is 5.05. The highest BCUT2D eigenvalue weighted by atomic mass is 16.5. The maximum absolute atomic E-state index is 9.55. The lowest BCUT2D eigenvalue weighted by molar-refractivity contribution is 0.00254. The Hall–Kier alpha value is -1.10. The van der Waals surface area contributed by atoms with E-state index in [9.17, 15) is 5.11 Å². The first-order chi connectivity index (χ1) is 7.57. The maximum Gasteiger partial charge on any atom is 0.118 e. The van der Waals surface area contributed by atoms with Gasteiger partial charge in [-0.05, 0) is 24.6 Å². The third-order valence-corrected chi connectivity index (χ3v) is 2.33. The van der Waals surface area contributed by atoms with Gasteiger partial charge in [-0.2, -0.15) is 0 Å². The Morgan fingerprint density at radius 3 is 2.44 bits per heavy atom. The molecule has 90 valence electrons. The Labute approximate surface area is 95.9 Å². The van der Waals surface area contributed by atoms with E-state index in [0.717, 1.165) is 11.3 Å². The van der Waals surface area contributed by atoms with Gasteiger partial charge in [-0.25, -0.2) is 0 Å². The Morgan fingerprint density at radius 1 is 1.31 bits per heavy atom. The standard InChI is InChI=1S/C12H19NO3/c1-12(15,9-14)8-13-7-10-3-5-11(16-2)6-4-10/h3-6,13-15H,7-9H2,1-2H3. The van der Waals surface area contributed by atoms with Gasteiger partial charge < -0.3 is 20.3 Å². The smallest absolute Gasteiger partial charge is 0.118 e. The molecule has 0 radical (unpaired) electrons. The molecular formula is C12H19NO3. The fourth-order valence-corrected chi connectivity index (χ4v) is 1.28. The normalized spacial score (nSPS) is 14.5. The van der Waals surface area contributed by atoms with Gasteiger partial charge in [-0.3, -0.25) is 0 Å². The van der Waals surface area contributed by atoms with Gasteiger partial charge in [0.25, 0.3) is 0 Å². The van der Waals surface area contributed by atoms with Crippen molar-refractivity contribution in [2.45, 2.75) is 19.1 Å². The molecule has 0 aliphatic carbocycles. The fourth-order valence-electron chi connectivity index (χ4n) is 1.28. The number of benzene rings is 1. The van der Waals surface area contributed by atoms with Crippen LogP contribution in [-0.4, -0.2) is 36.1 Å². The van der Waals surface area contributed by atoms with Gasteiger partial charge in [0.1, 0.15) is 5.75 Å². The number of rotatable bonds is 6. The molecule has 1 atom stereocenters. The summed E-state index contributed by atoms with van der Waals surface area (Å²) in [6.45, 7) is 2.35. The van der Waals surface area contributed by atoms with Crippen molar-refractivity contribution in [2.75, 3.05) is 20.3 Å². The molecule has 1 aromatic carbocycles. The molecule has 4 nitrogen and oxygen atoms in total. The first-order valence-electron chi connectivity index (χ1n) is 5.24. The molecule has 4 heteroatoms. The van der Waals surface area contributed by atoms with E-state index in [1.807, 2.05) is 24.3 Å². The number of aliphatic hydroxyl groups is 2. The van der Waals surface area contributed by atoms with Crippen LogP contribution in [0.25, 0.3) is 0 Å². The van der Waals surface area contributed by atoms with Gasteiger partial charge in [0.15, 0.2) is 0 Å². The van der Waals surface area contributed by atoms with Crippen LogP contribution in [0.2, 0.25) is 0 Å². The summed E-state index contributed by atoms with van der Waals surface area (Å²) in [6, 6.07) is 7.70. The fraction of sp³-hybridized carbons (Fsp3) is 0.500. The van der Waals surface area contributed by atoms with Crippen molar-refractivity contribution in [3.8, 4) is 5.75 Å². The van der Waals surface area contributed by atoms with Crippen molar-refractivity contribution in [1.82, 2.24) is 5.32 Å². The van der Waals surface area contributed by atoms with Gasteiger partial charge in [0, 0.05) is 13.1 Å². The first-order valence-corrected chi connectivity index (χ1v) is 5.24. The molecule has 1 unspecified atom stereocenters. The second-order valence-electron chi connectivity index (χ2n) is 4.11. The Bertz CT molecular complexity index is 309. The molecule has 0 aliphatic rings. The highest BCUT2D eigenvalue weighted by molar-refractivity contribution is 5.26. The lowest BCUT2D eigenvalue weighted by atomic mass is 10.1. The van der Waals surface area contributed by atoms with Crippen LogP contribution in [0.5, 0.6) is 5.75 Å². The minimum atomic E-state index is -1.06. The average molecular weight is 225 g/mol. The Kier molecular flexibility index (Phi) is 4.73. The van der Waals surface area contributed by atoms with Crippen LogP contribution in [0, 0.1) is 0 Å². The van der Waals surface area contributed by atoms with Gasteiger partial charge in [-0.15, -0.1) is 0 Å². The molecule has 1 rings (SSSR count). The number of hydrogen-bond donors (Lipinski definition) is 3. The average Bonchev–Trinajstić information content (AvgIpc) is 2.30. The van der Waals surface area contributed by atoms with Gasteiger partial charge in [0.05, 0.1) is 19.3 Å². The summed E-state index contributed by atoms with van der Waals surface area (Å²) in [5.41, 5.74) is 0.0430. The van der Waals surface area contributed by atoms with E-state index >= 15 is 0 Å². The minimum Gasteiger partial charge on any atom is -0.497 e. The number of aliphatic hydroxyl groups excluding tert-OH is 1. The van der Waals surface area contributed by atoms with Crippen LogP contribution in [0.15, 0.2) is 24.3 Å². The molecule has 0 aliphatic heterocycles. The van der Waals surface area contributed by atoms with E-state index in [2.05, 4.69) is 5.32 Å². The second-order valence-corrected chi connectivity index (χ2v) is 4.11. The number of hydrogen-bond acceptors (Lipinski definition) is 4. The lowest BCUT2D eigenvalue weighted by Crippen LogP contribution is -2.40. The van der Waals surface area contributed by atoms with E-state index in [0.29, 0.717) is 13.1 Å². The van der Waals surface area contributed by atoms with E-state index in [-0.39, 0.29) is 6.61 Å². The van der Waals surface area contributed by atoms with Crippen LogP contribution in [0.4, 0.5) is 0 Å². The summed E-state index contributed by atoms with van der Waals surface area (Å²) in [5, 5.41) is 21.5. The second kappa shape index (κ2) is 5.84. The van der Waals surface area contributed by atoms with Crippen molar-refractivity contribution in [1.29, 1.82) is 0 Å². The lowest BCUT2D eigenvalue weighted by Gasteiger charge is -2.20. The van der Waals surface area contributed by atoms with E-state index < -0.39 is 5.60 Å². The molecule has 1 aromatic rings. The van der Waals surface area contributed by atoms with Crippen molar-refractivity contribution < 1.29 is 14.9 Å². The zero-order valence-electron chi connectivity index (χ0n) is 9.73. The predicted molar refractivity (Wildman–Crippen MR) is 62.4 cm³/mol. The number of ether oxygens (including phenoxy) is 1. The summed E-state index contributed by atoms with van der Waals surface area (Å²) in [5.74, 6) is 0.825. The summed E-state index contributed by atoms with van der Waals surface area (Å²) in [7, 11) is 1.63. The molecule has 0 amide bonds. The SMILES string of the molecule is COc1ccc(CNCC(C)(O)CO)cc1. The number of methoxy groups -OCH3 is 1. The quantitative estimate of drug-likeness (QED) is 0.661. The van der Waals surface area contributed by atoms with Crippen LogP contribution in [-0.2, 0) is 6.54 Å². The summed E-state index contributed by atoms with van der Waals surface area (Å²) >= 11 is 0. The molecule has 16 heavy (non-hydrogen) atoms. The third kappa shape index (κ3) is 4.18.